The second-order valence-electron chi connectivity index (χ2n) is 6.19. The summed E-state index contributed by atoms with van der Waals surface area (Å²) in [6, 6.07) is 14.4. The second kappa shape index (κ2) is 6.91. The fourth-order valence-electron chi connectivity index (χ4n) is 3.06. The van der Waals surface area contributed by atoms with Gasteiger partial charge in [-0.25, -0.2) is 4.68 Å². The van der Waals surface area contributed by atoms with Crippen molar-refractivity contribution in [1.82, 2.24) is 15.0 Å². The Morgan fingerprint density at radius 3 is 2.81 bits per heavy atom. The molecule has 8 nitrogen and oxygen atoms in total. The third-order valence-electron chi connectivity index (χ3n) is 4.33. The molecule has 2 N–H and O–H groups in total. The maximum atomic E-state index is 13.3. The van der Waals surface area contributed by atoms with Crippen LogP contribution in [0.5, 0.6) is 5.75 Å². The number of hydrogen-bond donors (Lipinski definition) is 1. The van der Waals surface area contributed by atoms with Crippen molar-refractivity contribution in [2.24, 2.45) is 5.73 Å². The first-order valence-corrected chi connectivity index (χ1v) is 8.40. The first kappa shape index (κ1) is 16.8. The smallest absolute Gasteiger partial charge is 0.258 e. The molecular formula is C19H17N5O3. The summed E-state index contributed by atoms with van der Waals surface area (Å²) in [6.07, 6.45) is 1.67. The first-order valence-electron chi connectivity index (χ1n) is 8.40. The highest BCUT2D eigenvalue weighted by Gasteiger charge is 2.25. The van der Waals surface area contributed by atoms with Gasteiger partial charge in [-0.15, -0.1) is 5.10 Å². The first-order chi connectivity index (χ1) is 13.1. The third kappa shape index (κ3) is 3.37. The summed E-state index contributed by atoms with van der Waals surface area (Å²) in [5.74, 6) is -0.343. The number of nitrogens with zero attached hydrogens (tertiary/aromatic N) is 4. The Bertz CT molecular complexity index is 1010. The molecule has 0 saturated carbocycles. The quantitative estimate of drug-likeness (QED) is 0.754. The fraction of sp³-hybridized carbons (Fsp3) is 0.158. The summed E-state index contributed by atoms with van der Waals surface area (Å²) in [7, 11) is 0. The zero-order valence-electron chi connectivity index (χ0n) is 14.4. The third-order valence-corrected chi connectivity index (χ3v) is 4.33. The molecule has 3 aromatic rings. The van der Waals surface area contributed by atoms with E-state index in [1.165, 1.54) is 0 Å². The molecule has 2 amide bonds. The summed E-state index contributed by atoms with van der Waals surface area (Å²) >= 11 is 0. The number of carbonyl (C=O) groups is 2. The average molecular weight is 363 g/mol. The van der Waals surface area contributed by atoms with Crippen LogP contribution >= 0.6 is 0 Å². The van der Waals surface area contributed by atoms with E-state index in [1.54, 1.807) is 40.0 Å². The van der Waals surface area contributed by atoms with Crippen LogP contribution < -0.4 is 15.4 Å². The van der Waals surface area contributed by atoms with Crippen molar-refractivity contribution >= 4 is 17.5 Å². The lowest BCUT2D eigenvalue weighted by atomic mass is 10.1. The van der Waals surface area contributed by atoms with Crippen molar-refractivity contribution in [2.45, 2.75) is 13.1 Å². The SMILES string of the molecule is NC(=O)COc1cccc(C(=O)N2Cc3cnnn3Cc3ccccc32)c1. The van der Waals surface area contributed by atoms with Crippen LogP contribution in [-0.4, -0.2) is 33.4 Å². The molecule has 0 fully saturated rings. The van der Waals surface area contributed by atoms with Gasteiger partial charge in [-0.05, 0) is 29.8 Å². The van der Waals surface area contributed by atoms with Gasteiger partial charge in [-0.3, -0.25) is 9.59 Å². The zero-order chi connectivity index (χ0) is 18.8. The monoisotopic (exact) mass is 363 g/mol. The largest absolute Gasteiger partial charge is 0.484 e. The molecule has 0 unspecified atom stereocenters. The Balaban J connectivity index is 1.69. The Hall–Kier alpha value is -3.68. The normalized spacial score (nSPS) is 12.7. The molecule has 0 saturated heterocycles. The van der Waals surface area contributed by atoms with Crippen LogP contribution in [0, 0.1) is 0 Å². The lowest BCUT2D eigenvalue weighted by Crippen LogP contribution is -2.30. The van der Waals surface area contributed by atoms with E-state index >= 15 is 0 Å². The predicted molar refractivity (Wildman–Crippen MR) is 97.2 cm³/mol. The fourth-order valence-corrected chi connectivity index (χ4v) is 3.06. The van der Waals surface area contributed by atoms with Crippen molar-refractivity contribution < 1.29 is 14.3 Å². The summed E-state index contributed by atoms with van der Waals surface area (Å²) in [5.41, 5.74) is 8.22. The van der Waals surface area contributed by atoms with Crippen molar-refractivity contribution in [3.05, 3.63) is 71.5 Å². The number of hydrogen-bond acceptors (Lipinski definition) is 5. The van der Waals surface area contributed by atoms with Gasteiger partial charge in [0.05, 0.1) is 25.0 Å². The highest BCUT2D eigenvalue weighted by atomic mass is 16.5. The minimum Gasteiger partial charge on any atom is -0.484 e. The van der Waals surface area contributed by atoms with Crippen molar-refractivity contribution in [2.75, 3.05) is 11.5 Å². The molecule has 1 aromatic heterocycles. The molecule has 4 rings (SSSR count). The number of carbonyl (C=O) groups excluding carboxylic acids is 2. The summed E-state index contributed by atoms with van der Waals surface area (Å²) in [4.78, 5) is 25.9. The van der Waals surface area contributed by atoms with E-state index in [9.17, 15) is 9.59 Å². The Morgan fingerprint density at radius 2 is 1.96 bits per heavy atom. The number of aromatic nitrogens is 3. The number of primary amides is 1. The van der Waals surface area contributed by atoms with Crippen LogP contribution in [0.4, 0.5) is 5.69 Å². The van der Waals surface area contributed by atoms with Crippen LogP contribution in [0.3, 0.4) is 0 Å². The van der Waals surface area contributed by atoms with Crippen molar-refractivity contribution in [1.29, 1.82) is 0 Å². The lowest BCUT2D eigenvalue weighted by Gasteiger charge is -2.22. The van der Waals surface area contributed by atoms with Crippen LogP contribution in [0.25, 0.3) is 0 Å². The molecule has 0 spiro atoms. The number of rotatable bonds is 4. The number of fused-ring (bicyclic) bond motifs is 2. The van der Waals surface area contributed by atoms with Crippen molar-refractivity contribution in [3.8, 4) is 5.75 Å². The lowest BCUT2D eigenvalue weighted by molar-refractivity contribution is -0.119. The maximum absolute atomic E-state index is 13.3. The predicted octanol–water partition coefficient (Wildman–Crippen LogP) is 1.35. The number of amides is 2. The number of ether oxygens (including phenoxy) is 1. The zero-order valence-corrected chi connectivity index (χ0v) is 14.4. The van der Waals surface area contributed by atoms with E-state index in [0.29, 0.717) is 24.4 Å². The van der Waals surface area contributed by atoms with Gasteiger partial charge in [0.2, 0.25) is 0 Å². The molecular weight excluding hydrogens is 346 g/mol. The maximum Gasteiger partial charge on any atom is 0.258 e. The van der Waals surface area contributed by atoms with Gasteiger partial charge in [0.15, 0.2) is 6.61 Å². The number of benzene rings is 2. The van der Waals surface area contributed by atoms with Gasteiger partial charge in [0.25, 0.3) is 11.8 Å². The molecule has 2 aromatic carbocycles. The molecule has 0 bridgehead atoms. The van der Waals surface area contributed by atoms with Gasteiger partial charge in [-0.1, -0.05) is 29.5 Å². The molecule has 0 atom stereocenters. The Kier molecular flexibility index (Phi) is 4.29. The Labute approximate surface area is 155 Å². The highest BCUT2D eigenvalue weighted by Crippen LogP contribution is 2.28. The van der Waals surface area contributed by atoms with E-state index in [1.807, 2.05) is 24.3 Å². The van der Waals surface area contributed by atoms with E-state index in [4.69, 9.17) is 10.5 Å². The van der Waals surface area contributed by atoms with Gasteiger partial charge in [0.1, 0.15) is 5.75 Å². The minimum atomic E-state index is -0.575. The van der Waals surface area contributed by atoms with Gasteiger partial charge in [0, 0.05) is 11.3 Å². The topological polar surface area (TPSA) is 103 Å². The molecule has 27 heavy (non-hydrogen) atoms. The van der Waals surface area contributed by atoms with Crippen LogP contribution in [0.15, 0.2) is 54.7 Å². The number of anilines is 1. The van der Waals surface area contributed by atoms with Crippen LogP contribution in [-0.2, 0) is 17.9 Å². The van der Waals surface area contributed by atoms with Crippen LogP contribution in [0.2, 0.25) is 0 Å². The Morgan fingerprint density at radius 1 is 1.11 bits per heavy atom. The van der Waals surface area contributed by atoms with Crippen molar-refractivity contribution in [3.63, 3.8) is 0 Å². The molecule has 8 heteroatoms. The summed E-state index contributed by atoms with van der Waals surface area (Å²) in [6.45, 7) is 0.668. The average Bonchev–Trinajstić information content (AvgIpc) is 3.05. The highest BCUT2D eigenvalue weighted by molar-refractivity contribution is 6.06. The molecule has 0 radical (unpaired) electrons. The van der Waals surface area contributed by atoms with E-state index in [2.05, 4.69) is 10.3 Å². The number of nitrogens with two attached hydrogens (primary N) is 1. The summed E-state index contributed by atoms with van der Waals surface area (Å²) in [5, 5.41) is 8.05. The molecule has 1 aliphatic heterocycles. The molecule has 0 aliphatic carbocycles. The van der Waals surface area contributed by atoms with Gasteiger partial charge >= 0.3 is 0 Å². The van der Waals surface area contributed by atoms with Crippen LogP contribution in [0.1, 0.15) is 21.6 Å². The molecule has 2 heterocycles. The minimum absolute atomic E-state index is 0.179. The van der Waals surface area contributed by atoms with E-state index in [0.717, 1.165) is 16.9 Å². The standard InChI is InChI=1S/C19H17N5O3/c20-18(25)12-27-16-6-3-5-13(8-16)19(26)23-11-15-9-21-22-24(15)10-14-4-1-2-7-17(14)23/h1-9H,10-12H2,(H2,20,25). The summed E-state index contributed by atoms with van der Waals surface area (Å²) < 4.78 is 7.10. The second-order valence-corrected chi connectivity index (χ2v) is 6.19. The number of para-hydroxylation sites is 1. The van der Waals surface area contributed by atoms with Gasteiger partial charge < -0.3 is 15.4 Å². The molecule has 136 valence electrons. The molecule has 1 aliphatic rings. The van der Waals surface area contributed by atoms with Gasteiger partial charge in [-0.2, -0.15) is 0 Å². The van der Waals surface area contributed by atoms with E-state index in [-0.39, 0.29) is 12.5 Å². The van der Waals surface area contributed by atoms with E-state index < -0.39 is 5.91 Å².